The molecule has 0 atom stereocenters. The highest BCUT2D eigenvalue weighted by Gasteiger charge is 2.26. The number of aromatic nitrogens is 2. The van der Waals surface area contributed by atoms with E-state index in [4.69, 9.17) is 13.1 Å². The predicted octanol–water partition coefficient (Wildman–Crippen LogP) is 17.8. The molecule has 344 valence electrons. The summed E-state index contributed by atoms with van der Waals surface area (Å²) in [6, 6.07) is 72.4. The third-order valence-corrected chi connectivity index (χ3v) is 14.1. The third-order valence-electron chi connectivity index (χ3n) is 14.1. The van der Waals surface area contributed by atoms with E-state index in [1.165, 1.54) is 0 Å². The van der Waals surface area contributed by atoms with E-state index < -0.39 is 0 Å². The van der Waals surface area contributed by atoms with Gasteiger partial charge in [0.1, 0.15) is 0 Å². The number of aryl methyl sites for hydroxylation is 1. The quantitative estimate of drug-likeness (QED) is 0.149. The van der Waals surface area contributed by atoms with Gasteiger partial charge < -0.3 is 9.13 Å². The summed E-state index contributed by atoms with van der Waals surface area (Å²) >= 11 is 0. The molecule has 0 aliphatic carbocycles. The molecule has 0 bridgehead atoms. The van der Waals surface area contributed by atoms with E-state index in [1.807, 2.05) is 122 Å². The van der Waals surface area contributed by atoms with Gasteiger partial charge in [0.25, 0.3) is 0 Å². The van der Waals surface area contributed by atoms with Gasteiger partial charge in [0.2, 0.25) is 5.69 Å². The van der Waals surface area contributed by atoms with Crippen LogP contribution in [0, 0.1) is 60.6 Å². The molecule has 8 nitrogen and oxygen atoms in total. The van der Waals surface area contributed by atoms with Gasteiger partial charge in [-0.15, -0.1) is 0 Å². The van der Waals surface area contributed by atoms with Crippen LogP contribution in [0.25, 0.3) is 125 Å². The Morgan fingerprint density at radius 3 is 1.09 bits per heavy atom. The highest BCUT2D eigenvalue weighted by atomic mass is 15.1. The lowest BCUT2D eigenvalue weighted by molar-refractivity contribution is 1.15. The minimum Gasteiger partial charge on any atom is -0.319 e. The Labute approximate surface area is 432 Å². The Hall–Kier alpha value is -11.3. The number of hydrogen-bond donors (Lipinski definition) is 0. The summed E-state index contributed by atoms with van der Waals surface area (Å²) in [7, 11) is 0. The van der Waals surface area contributed by atoms with Crippen LogP contribution < -0.4 is 0 Å². The maximum atomic E-state index is 10.4. The summed E-state index contributed by atoms with van der Waals surface area (Å²) < 4.78 is 4.39. The number of fused-ring (bicyclic) bond motifs is 6. The van der Waals surface area contributed by atoms with E-state index in [1.54, 1.807) is 0 Å². The molecule has 0 unspecified atom stereocenters. The molecule has 0 fully saturated rings. The topological polar surface area (TPSA) is 94.3 Å². The van der Waals surface area contributed by atoms with Crippen molar-refractivity contribution < 1.29 is 0 Å². The van der Waals surface area contributed by atoms with E-state index in [0.29, 0.717) is 45.1 Å². The lowest BCUT2D eigenvalue weighted by Crippen LogP contribution is -2.03. The Balaban J connectivity index is 1.22. The molecule has 2 heterocycles. The maximum Gasteiger partial charge on any atom is 0.234 e. The van der Waals surface area contributed by atoms with E-state index in [0.717, 1.165) is 105 Å². The van der Waals surface area contributed by atoms with Crippen LogP contribution in [0.1, 0.15) is 22.3 Å². The molecule has 0 saturated heterocycles. The first-order valence-electron chi connectivity index (χ1n) is 24.0. The van der Waals surface area contributed by atoms with Crippen molar-refractivity contribution in [1.82, 2.24) is 9.13 Å². The molecule has 0 aliphatic rings. The molecule has 0 amide bonds. The van der Waals surface area contributed by atoms with Gasteiger partial charge in [-0.05, 0) is 135 Å². The molecule has 0 saturated carbocycles. The molecule has 2 aromatic heterocycles. The highest BCUT2D eigenvalue weighted by molar-refractivity contribution is 6.14. The van der Waals surface area contributed by atoms with E-state index >= 15 is 0 Å². The minimum absolute atomic E-state index is 0.372. The highest BCUT2D eigenvalue weighted by Crippen LogP contribution is 2.48. The zero-order chi connectivity index (χ0) is 51.3. The first-order valence-corrected chi connectivity index (χ1v) is 24.0. The largest absolute Gasteiger partial charge is 0.319 e. The smallest absolute Gasteiger partial charge is 0.234 e. The van der Waals surface area contributed by atoms with Crippen molar-refractivity contribution in [2.75, 3.05) is 0 Å². The van der Waals surface area contributed by atoms with Crippen molar-refractivity contribution in [3.05, 3.63) is 257 Å². The van der Waals surface area contributed by atoms with Crippen molar-refractivity contribution in [2.24, 2.45) is 0 Å². The van der Waals surface area contributed by atoms with Gasteiger partial charge in [-0.3, -0.25) is 0 Å². The number of benzene rings is 10. The van der Waals surface area contributed by atoms with Gasteiger partial charge in [-0.1, -0.05) is 133 Å². The van der Waals surface area contributed by atoms with Gasteiger partial charge >= 0.3 is 0 Å². The van der Waals surface area contributed by atoms with E-state index in [9.17, 15) is 22.4 Å². The number of nitriles is 3. The first-order chi connectivity index (χ1) is 36.8. The number of nitrogens with zero attached hydrogens (tertiary/aromatic N) is 8. The fraction of sp³-hybridized carbons (Fsp3) is 0.0149. The van der Waals surface area contributed by atoms with Crippen LogP contribution in [-0.2, 0) is 0 Å². The Kier molecular flexibility index (Phi) is 10.9. The molecule has 0 aliphatic heterocycles. The summed E-state index contributed by atoms with van der Waals surface area (Å²) in [5.74, 6) is 0. The van der Waals surface area contributed by atoms with Crippen molar-refractivity contribution >= 4 is 60.7 Å². The summed E-state index contributed by atoms with van der Waals surface area (Å²) in [4.78, 5) is 11.8. The zero-order valence-electron chi connectivity index (χ0n) is 40.1. The summed E-state index contributed by atoms with van der Waals surface area (Å²) in [5.41, 5.74) is 17.7. The minimum atomic E-state index is 0.372. The average Bonchev–Trinajstić information content (AvgIpc) is 3.99. The molecule has 75 heavy (non-hydrogen) atoms. The standard InChI is InChI=1S/C67H36N8/c1-41-31-44(40-70)33-53(32-41)56-29-30-61(74-62-34-49(45-9-5-42(38-68)6-10-45)17-25-57(62)58-26-18-50(35-63(58)74)47-13-21-54(71-2)22-14-47)66(73-4)67(56)75-64-36-51(46-11-7-43(39-69)8-12-46)19-27-59(64)60-28-20-52(37-65(60)75)48-15-23-55(72-3)24-16-48/h5-37H,1H3. The molecule has 12 aromatic rings. The van der Waals surface area contributed by atoms with Crippen molar-refractivity contribution in [1.29, 1.82) is 15.8 Å². The summed E-state index contributed by atoms with van der Waals surface area (Å²) in [5, 5.41) is 33.6. The predicted molar refractivity (Wildman–Crippen MR) is 300 cm³/mol. The average molecular weight is 953 g/mol. The van der Waals surface area contributed by atoms with Crippen LogP contribution in [0.3, 0.4) is 0 Å². The van der Waals surface area contributed by atoms with Crippen LogP contribution in [0.5, 0.6) is 0 Å². The number of hydrogen-bond acceptors (Lipinski definition) is 3. The van der Waals surface area contributed by atoms with Crippen LogP contribution in [0.15, 0.2) is 200 Å². The molecule has 0 spiro atoms. The Morgan fingerprint density at radius 2 is 0.720 bits per heavy atom. The van der Waals surface area contributed by atoms with Crippen LogP contribution in [0.2, 0.25) is 0 Å². The Morgan fingerprint density at radius 1 is 0.347 bits per heavy atom. The van der Waals surface area contributed by atoms with Gasteiger partial charge in [0.15, 0.2) is 11.4 Å². The maximum absolute atomic E-state index is 10.4. The zero-order valence-corrected chi connectivity index (χ0v) is 40.1. The monoisotopic (exact) mass is 952 g/mol. The molecule has 12 rings (SSSR count). The lowest BCUT2D eigenvalue weighted by Gasteiger charge is -2.21. The van der Waals surface area contributed by atoms with Crippen molar-refractivity contribution in [3.8, 4) is 85.2 Å². The fourth-order valence-electron chi connectivity index (χ4n) is 10.5. The van der Waals surface area contributed by atoms with E-state index in [2.05, 4.69) is 127 Å². The van der Waals surface area contributed by atoms with E-state index in [-0.39, 0.29) is 0 Å². The molecule has 0 radical (unpaired) electrons. The van der Waals surface area contributed by atoms with Crippen LogP contribution >= 0.6 is 0 Å². The summed E-state index contributed by atoms with van der Waals surface area (Å²) in [6.45, 7) is 26.6. The second-order valence-corrected chi connectivity index (χ2v) is 18.4. The first kappa shape index (κ1) is 44.9. The Bertz CT molecular complexity index is 4400. The van der Waals surface area contributed by atoms with Gasteiger partial charge in [0, 0.05) is 21.5 Å². The lowest BCUT2D eigenvalue weighted by atomic mass is 9.97. The van der Waals surface area contributed by atoms with Crippen molar-refractivity contribution in [3.63, 3.8) is 0 Å². The summed E-state index contributed by atoms with van der Waals surface area (Å²) in [6.07, 6.45) is 0. The molecular formula is C67H36N8. The van der Waals surface area contributed by atoms with Crippen LogP contribution in [-0.4, -0.2) is 9.13 Å². The van der Waals surface area contributed by atoms with Gasteiger partial charge in [-0.2, -0.15) is 15.8 Å². The third kappa shape index (κ3) is 7.67. The molecule has 10 aromatic carbocycles. The molecule has 8 heteroatoms. The van der Waals surface area contributed by atoms with Gasteiger partial charge in [0.05, 0.1) is 88.1 Å². The normalized spacial score (nSPS) is 10.9. The fourth-order valence-corrected chi connectivity index (χ4v) is 10.5. The molecule has 0 N–H and O–H groups in total. The second kappa shape index (κ2) is 18.2. The van der Waals surface area contributed by atoms with Gasteiger partial charge in [-0.25, -0.2) is 14.5 Å². The molecular weight excluding hydrogens is 917 g/mol. The van der Waals surface area contributed by atoms with Crippen molar-refractivity contribution in [2.45, 2.75) is 6.92 Å². The number of rotatable bonds is 7. The van der Waals surface area contributed by atoms with Crippen LogP contribution in [0.4, 0.5) is 17.1 Å². The SMILES string of the molecule is [C-]#[N+]c1ccc(-c2ccc3c4ccc(-c5ccc(C#N)cc5)cc4n(-c4ccc(-c5cc(C)cc(C#N)c5)c(-n5c6cc(-c7ccc(C#N)cc7)ccc6c6ccc(-c7ccc([N+]#[C-])cc7)cc65)c4[N+]#[C-])c3c2)cc1. The second-order valence-electron chi connectivity index (χ2n) is 18.4.